The van der Waals surface area contributed by atoms with Crippen molar-refractivity contribution in [2.45, 2.75) is 25.7 Å². The molecule has 0 radical (unpaired) electrons. The molecule has 1 atom stereocenters. The highest BCUT2D eigenvalue weighted by atomic mass is 15.3. The van der Waals surface area contributed by atoms with E-state index in [9.17, 15) is 0 Å². The predicted molar refractivity (Wildman–Crippen MR) is 52.4 cm³/mol. The summed E-state index contributed by atoms with van der Waals surface area (Å²) in [6, 6.07) is 0. The molecule has 0 unspecified atom stereocenters. The van der Waals surface area contributed by atoms with Crippen LogP contribution in [0.3, 0.4) is 0 Å². The van der Waals surface area contributed by atoms with Crippen molar-refractivity contribution in [1.29, 1.82) is 0 Å². The molecular formula is C10H17N3. The first-order valence-corrected chi connectivity index (χ1v) is 5.01. The molecule has 1 heterocycles. The summed E-state index contributed by atoms with van der Waals surface area (Å²) in [5, 5.41) is 4.28. The zero-order chi connectivity index (χ0) is 9.26. The molecule has 0 bridgehead atoms. The van der Waals surface area contributed by atoms with Gasteiger partial charge in [0.1, 0.15) is 0 Å². The summed E-state index contributed by atoms with van der Waals surface area (Å²) in [6.07, 6.45) is 6.84. The fourth-order valence-corrected chi connectivity index (χ4v) is 2.14. The summed E-state index contributed by atoms with van der Waals surface area (Å²) in [7, 11) is 2.03. The normalized spacial score (nSPS) is 22.5. The van der Waals surface area contributed by atoms with Crippen molar-refractivity contribution in [3.05, 3.63) is 17.5 Å². The number of hydrogen-bond donors (Lipinski definition) is 1. The number of hydrogen-bond acceptors (Lipinski definition) is 2. The molecule has 3 nitrogen and oxygen atoms in total. The minimum atomic E-state index is 0.664. The molecule has 1 aliphatic rings. The Kier molecular flexibility index (Phi) is 2.36. The summed E-state index contributed by atoms with van der Waals surface area (Å²) < 4.78 is 2.00. The van der Waals surface area contributed by atoms with Crippen molar-refractivity contribution < 1.29 is 0 Å². The Bertz CT molecular complexity index is 290. The van der Waals surface area contributed by atoms with Crippen molar-refractivity contribution in [3.8, 4) is 0 Å². The standard InChI is InChI=1S/C10H17N3/c1-13-10-5-8(6-11)3-2-4-9(10)7-12-13/h7-8H,2-6,11H2,1H3/t8-/m0/s1. The summed E-state index contributed by atoms with van der Waals surface area (Å²) >= 11 is 0. The minimum absolute atomic E-state index is 0.664. The van der Waals surface area contributed by atoms with E-state index in [1.54, 1.807) is 0 Å². The first-order chi connectivity index (χ1) is 6.31. The second-order valence-corrected chi connectivity index (χ2v) is 3.94. The van der Waals surface area contributed by atoms with E-state index in [0.717, 1.165) is 13.0 Å². The lowest BCUT2D eigenvalue weighted by Gasteiger charge is -2.11. The largest absolute Gasteiger partial charge is 0.330 e. The van der Waals surface area contributed by atoms with Gasteiger partial charge in [-0.2, -0.15) is 5.10 Å². The highest BCUT2D eigenvalue weighted by molar-refractivity contribution is 5.19. The van der Waals surface area contributed by atoms with Crippen molar-refractivity contribution in [1.82, 2.24) is 9.78 Å². The Hall–Kier alpha value is -0.830. The van der Waals surface area contributed by atoms with Gasteiger partial charge in [0.15, 0.2) is 0 Å². The second kappa shape index (κ2) is 3.50. The maximum absolute atomic E-state index is 5.72. The van der Waals surface area contributed by atoms with Gasteiger partial charge in [-0.1, -0.05) is 0 Å². The predicted octanol–water partition coefficient (Wildman–Crippen LogP) is 0.874. The first kappa shape index (κ1) is 8.75. The second-order valence-electron chi connectivity index (χ2n) is 3.94. The maximum atomic E-state index is 5.72. The molecule has 0 aromatic carbocycles. The number of rotatable bonds is 1. The molecule has 3 heteroatoms. The molecular weight excluding hydrogens is 162 g/mol. The average molecular weight is 179 g/mol. The fourth-order valence-electron chi connectivity index (χ4n) is 2.14. The number of aryl methyl sites for hydroxylation is 2. The zero-order valence-corrected chi connectivity index (χ0v) is 8.16. The lowest BCUT2D eigenvalue weighted by Crippen LogP contribution is -2.17. The van der Waals surface area contributed by atoms with Crippen molar-refractivity contribution >= 4 is 0 Å². The highest BCUT2D eigenvalue weighted by Crippen LogP contribution is 2.23. The molecule has 2 N–H and O–H groups in total. The van der Waals surface area contributed by atoms with Crippen LogP contribution in [0.1, 0.15) is 24.1 Å². The third kappa shape index (κ3) is 1.61. The molecule has 2 rings (SSSR count). The van der Waals surface area contributed by atoms with Gasteiger partial charge in [-0.25, -0.2) is 0 Å². The van der Waals surface area contributed by atoms with E-state index in [0.29, 0.717) is 5.92 Å². The molecule has 1 aromatic heterocycles. The Morgan fingerprint density at radius 1 is 1.69 bits per heavy atom. The monoisotopic (exact) mass is 179 g/mol. The summed E-state index contributed by atoms with van der Waals surface area (Å²) in [6.45, 7) is 0.810. The molecule has 0 saturated carbocycles. The molecule has 0 aliphatic heterocycles. The SMILES string of the molecule is Cn1ncc2c1C[C@@H](CN)CCC2. The fraction of sp³-hybridized carbons (Fsp3) is 0.700. The minimum Gasteiger partial charge on any atom is -0.330 e. The van der Waals surface area contributed by atoms with Crippen LogP contribution in [0.2, 0.25) is 0 Å². The van der Waals surface area contributed by atoms with Gasteiger partial charge in [0.25, 0.3) is 0 Å². The number of nitrogens with two attached hydrogens (primary N) is 1. The molecule has 0 fully saturated rings. The van der Waals surface area contributed by atoms with Crippen LogP contribution in [-0.2, 0) is 19.9 Å². The van der Waals surface area contributed by atoms with E-state index < -0.39 is 0 Å². The van der Waals surface area contributed by atoms with Gasteiger partial charge >= 0.3 is 0 Å². The maximum Gasteiger partial charge on any atom is 0.0524 e. The number of aromatic nitrogens is 2. The summed E-state index contributed by atoms with van der Waals surface area (Å²) in [5.41, 5.74) is 8.54. The highest BCUT2D eigenvalue weighted by Gasteiger charge is 2.18. The average Bonchev–Trinajstić information content (AvgIpc) is 2.41. The van der Waals surface area contributed by atoms with Gasteiger partial charge in [0.2, 0.25) is 0 Å². The summed E-state index contributed by atoms with van der Waals surface area (Å²) in [4.78, 5) is 0. The van der Waals surface area contributed by atoms with Gasteiger partial charge in [0, 0.05) is 12.7 Å². The van der Waals surface area contributed by atoms with Crippen LogP contribution in [0.4, 0.5) is 0 Å². The lowest BCUT2D eigenvalue weighted by molar-refractivity contribution is 0.477. The van der Waals surface area contributed by atoms with E-state index in [1.807, 2.05) is 17.9 Å². The third-order valence-corrected chi connectivity index (χ3v) is 3.02. The third-order valence-electron chi connectivity index (χ3n) is 3.02. The van der Waals surface area contributed by atoms with Gasteiger partial charge in [-0.3, -0.25) is 4.68 Å². The number of nitrogens with zero attached hydrogens (tertiary/aromatic N) is 2. The van der Waals surface area contributed by atoms with Crippen LogP contribution < -0.4 is 5.73 Å². The smallest absolute Gasteiger partial charge is 0.0524 e. The van der Waals surface area contributed by atoms with E-state index in [4.69, 9.17) is 5.73 Å². The molecule has 0 saturated heterocycles. The van der Waals surface area contributed by atoms with E-state index in [-0.39, 0.29) is 0 Å². The number of fused-ring (bicyclic) bond motifs is 1. The molecule has 1 aromatic rings. The van der Waals surface area contributed by atoms with E-state index in [1.165, 1.54) is 30.5 Å². The quantitative estimate of drug-likeness (QED) is 0.650. The van der Waals surface area contributed by atoms with Crippen LogP contribution in [0.15, 0.2) is 6.20 Å². The zero-order valence-electron chi connectivity index (χ0n) is 8.16. The van der Waals surface area contributed by atoms with Crippen LogP contribution in [0, 0.1) is 5.92 Å². The van der Waals surface area contributed by atoms with Crippen LogP contribution in [-0.4, -0.2) is 16.3 Å². The molecule has 72 valence electrons. The Labute approximate surface area is 78.9 Å². The molecule has 1 aliphatic carbocycles. The summed E-state index contributed by atoms with van der Waals surface area (Å²) in [5.74, 6) is 0.664. The van der Waals surface area contributed by atoms with Crippen molar-refractivity contribution in [2.75, 3.05) is 6.54 Å². The first-order valence-electron chi connectivity index (χ1n) is 5.01. The van der Waals surface area contributed by atoms with Gasteiger partial charge < -0.3 is 5.73 Å². The molecule has 13 heavy (non-hydrogen) atoms. The van der Waals surface area contributed by atoms with Gasteiger partial charge in [-0.15, -0.1) is 0 Å². The van der Waals surface area contributed by atoms with Gasteiger partial charge in [0.05, 0.1) is 6.20 Å². The molecule has 0 spiro atoms. The van der Waals surface area contributed by atoms with Crippen LogP contribution in [0.25, 0.3) is 0 Å². The topological polar surface area (TPSA) is 43.8 Å². The Morgan fingerprint density at radius 3 is 3.31 bits per heavy atom. The van der Waals surface area contributed by atoms with Crippen LogP contribution >= 0.6 is 0 Å². The van der Waals surface area contributed by atoms with Gasteiger partial charge in [-0.05, 0) is 43.7 Å². The van der Waals surface area contributed by atoms with E-state index >= 15 is 0 Å². The Balaban J connectivity index is 2.26. The van der Waals surface area contributed by atoms with Crippen LogP contribution in [0.5, 0.6) is 0 Å². The van der Waals surface area contributed by atoms with E-state index in [2.05, 4.69) is 5.10 Å². The lowest BCUT2D eigenvalue weighted by atomic mass is 10.0. The van der Waals surface area contributed by atoms with Crippen molar-refractivity contribution in [3.63, 3.8) is 0 Å². The molecule has 0 amide bonds. The Morgan fingerprint density at radius 2 is 2.54 bits per heavy atom. The van der Waals surface area contributed by atoms with Crippen molar-refractivity contribution in [2.24, 2.45) is 18.7 Å².